The van der Waals surface area contributed by atoms with E-state index in [4.69, 9.17) is 4.98 Å². The van der Waals surface area contributed by atoms with Crippen LogP contribution in [0.25, 0.3) is 108 Å². The van der Waals surface area contributed by atoms with Crippen LogP contribution in [0.1, 0.15) is 0 Å². The molecule has 4 aromatic heterocycles. The van der Waals surface area contributed by atoms with Crippen LogP contribution in [0.5, 0.6) is 0 Å². The normalized spacial score (nSPS) is 12.0. The molecule has 0 aliphatic heterocycles. The molecule has 8 aromatic carbocycles. The van der Waals surface area contributed by atoms with E-state index in [1.54, 1.807) is 0 Å². The zero-order valence-electron chi connectivity index (χ0n) is 29.6. The van der Waals surface area contributed by atoms with Gasteiger partial charge in [0.1, 0.15) is 0 Å². The van der Waals surface area contributed by atoms with Gasteiger partial charge in [0.15, 0.2) is 0 Å². The molecule has 55 heavy (non-hydrogen) atoms. The molecule has 0 radical (unpaired) electrons. The van der Waals surface area contributed by atoms with Gasteiger partial charge in [-0.05, 0) is 82.9 Å². The van der Waals surface area contributed by atoms with E-state index in [9.17, 15) is 0 Å². The van der Waals surface area contributed by atoms with Gasteiger partial charge in [0.25, 0.3) is 0 Å². The highest BCUT2D eigenvalue weighted by Gasteiger charge is 2.18. The maximum absolute atomic E-state index is 4.98. The summed E-state index contributed by atoms with van der Waals surface area (Å²) >= 11 is 1.85. The largest absolute Gasteiger partial charge is 0.309 e. The molecule has 0 atom stereocenters. The molecular formula is C51H31N3S. The average molecular weight is 718 g/mol. The molecule has 256 valence electrons. The summed E-state index contributed by atoms with van der Waals surface area (Å²) in [5, 5.41) is 8.71. The summed E-state index contributed by atoms with van der Waals surface area (Å²) in [6.07, 6.45) is 2.05. The highest BCUT2D eigenvalue weighted by Crippen LogP contribution is 2.40. The Morgan fingerprint density at radius 3 is 1.42 bits per heavy atom. The Balaban J connectivity index is 1.08. The van der Waals surface area contributed by atoms with E-state index >= 15 is 0 Å². The molecule has 4 heteroatoms. The minimum Gasteiger partial charge on any atom is -0.309 e. The number of thiophene rings is 1. The first-order valence-corrected chi connectivity index (χ1v) is 19.5. The number of pyridine rings is 1. The summed E-state index contributed by atoms with van der Waals surface area (Å²) in [5.74, 6) is 0. The number of hydrogen-bond acceptors (Lipinski definition) is 2. The zero-order valence-corrected chi connectivity index (χ0v) is 30.5. The van der Waals surface area contributed by atoms with Gasteiger partial charge in [0.05, 0.1) is 27.6 Å². The van der Waals surface area contributed by atoms with Crippen LogP contribution in [0.3, 0.4) is 0 Å². The molecule has 0 aliphatic rings. The standard InChI is InChI=1S/C51H31N3S/c1-6-19-46-38(14-1)39-15-2-7-20-47(39)53(46)36-27-35(28-37(30-36)54-48-21-8-3-16-40(48)41-17-4-9-22-49(41)54)33-13-11-12-32(26-33)34-24-25-43-45(29-34)52-31-44-42-18-5-10-23-50(42)55-51(43)44/h1-31H. The molecular weight excluding hydrogens is 687 g/mol. The Hall–Kier alpha value is -7.01. The van der Waals surface area contributed by atoms with Gasteiger partial charge in [-0.3, -0.25) is 4.98 Å². The van der Waals surface area contributed by atoms with Crippen molar-refractivity contribution in [3.05, 3.63) is 188 Å². The van der Waals surface area contributed by atoms with Crippen LogP contribution in [-0.2, 0) is 0 Å². The van der Waals surface area contributed by atoms with Crippen LogP contribution >= 0.6 is 11.3 Å². The minimum absolute atomic E-state index is 1.02. The topological polar surface area (TPSA) is 22.8 Å². The third kappa shape index (κ3) is 4.59. The van der Waals surface area contributed by atoms with Crippen molar-refractivity contribution in [2.24, 2.45) is 0 Å². The van der Waals surface area contributed by atoms with Crippen molar-refractivity contribution in [1.82, 2.24) is 14.1 Å². The fourth-order valence-corrected chi connectivity index (χ4v) is 10.0. The summed E-state index contributed by atoms with van der Waals surface area (Å²) in [5.41, 5.74) is 12.7. The lowest BCUT2D eigenvalue weighted by molar-refractivity contribution is 1.13. The number of rotatable bonds is 4. The zero-order chi connectivity index (χ0) is 36.0. The lowest BCUT2D eigenvalue weighted by Crippen LogP contribution is -2.00. The molecule has 4 heterocycles. The van der Waals surface area contributed by atoms with E-state index in [0.29, 0.717) is 0 Å². The quantitative estimate of drug-likeness (QED) is 0.178. The molecule has 12 rings (SSSR count). The second-order valence-electron chi connectivity index (χ2n) is 14.4. The Labute approximate surface area is 320 Å². The third-order valence-electron chi connectivity index (χ3n) is 11.3. The van der Waals surface area contributed by atoms with E-state index in [0.717, 1.165) is 33.6 Å². The summed E-state index contributed by atoms with van der Waals surface area (Å²) in [6.45, 7) is 0. The molecule has 0 N–H and O–H groups in total. The van der Waals surface area contributed by atoms with E-state index in [2.05, 4.69) is 191 Å². The molecule has 3 nitrogen and oxygen atoms in total. The van der Waals surface area contributed by atoms with Crippen molar-refractivity contribution in [3.63, 3.8) is 0 Å². The van der Waals surface area contributed by atoms with Gasteiger partial charge in [0.2, 0.25) is 0 Å². The monoisotopic (exact) mass is 717 g/mol. The molecule has 0 saturated carbocycles. The molecule has 0 bridgehead atoms. The van der Waals surface area contributed by atoms with E-state index < -0.39 is 0 Å². The van der Waals surface area contributed by atoms with Crippen molar-refractivity contribution in [2.75, 3.05) is 0 Å². The highest BCUT2D eigenvalue weighted by molar-refractivity contribution is 7.26. The lowest BCUT2D eigenvalue weighted by Gasteiger charge is -2.16. The fourth-order valence-electron chi connectivity index (χ4n) is 8.84. The highest BCUT2D eigenvalue weighted by atomic mass is 32.1. The predicted octanol–water partition coefficient (Wildman–Crippen LogP) is 14.1. The van der Waals surface area contributed by atoms with Gasteiger partial charge in [0, 0.05) is 64.7 Å². The van der Waals surface area contributed by atoms with Crippen LogP contribution in [-0.4, -0.2) is 14.1 Å². The van der Waals surface area contributed by atoms with E-state index in [1.807, 2.05) is 17.5 Å². The molecule has 0 unspecified atom stereocenters. The number of fused-ring (bicyclic) bond motifs is 11. The van der Waals surface area contributed by atoms with Crippen molar-refractivity contribution < 1.29 is 0 Å². The van der Waals surface area contributed by atoms with E-state index in [1.165, 1.54) is 74.7 Å². The maximum Gasteiger partial charge on any atom is 0.0722 e. The first-order chi connectivity index (χ1) is 27.3. The molecule has 0 aliphatic carbocycles. The van der Waals surface area contributed by atoms with E-state index in [-0.39, 0.29) is 0 Å². The van der Waals surface area contributed by atoms with Crippen LogP contribution < -0.4 is 0 Å². The maximum atomic E-state index is 4.98. The molecule has 0 amide bonds. The third-order valence-corrected chi connectivity index (χ3v) is 12.5. The van der Waals surface area contributed by atoms with Gasteiger partial charge in [-0.2, -0.15) is 0 Å². The Bertz CT molecular complexity index is 3270. The fraction of sp³-hybridized carbons (Fsp3) is 0. The van der Waals surface area contributed by atoms with Crippen molar-refractivity contribution in [3.8, 4) is 33.6 Å². The number of aromatic nitrogens is 3. The summed E-state index contributed by atoms with van der Waals surface area (Å²) in [4.78, 5) is 4.98. The van der Waals surface area contributed by atoms with Crippen molar-refractivity contribution in [1.29, 1.82) is 0 Å². The lowest BCUT2D eigenvalue weighted by atomic mass is 9.97. The molecule has 12 aromatic rings. The second kappa shape index (κ2) is 11.7. The Morgan fingerprint density at radius 1 is 0.345 bits per heavy atom. The smallest absolute Gasteiger partial charge is 0.0722 e. The Morgan fingerprint density at radius 2 is 0.836 bits per heavy atom. The summed E-state index contributed by atoms with van der Waals surface area (Å²) < 4.78 is 7.45. The molecule has 0 spiro atoms. The van der Waals surface area contributed by atoms with Crippen LogP contribution in [0.4, 0.5) is 0 Å². The molecule has 0 saturated heterocycles. The van der Waals surface area contributed by atoms with Crippen LogP contribution in [0.15, 0.2) is 188 Å². The van der Waals surface area contributed by atoms with Gasteiger partial charge >= 0.3 is 0 Å². The SMILES string of the molecule is c1cc(-c2cc(-n3c4ccccc4c4ccccc43)cc(-n3c4ccccc4c4ccccc43)c2)cc(-c2ccc3c(c2)ncc2c4ccccc4sc32)c1. The van der Waals surface area contributed by atoms with Gasteiger partial charge in [-0.25, -0.2) is 0 Å². The number of para-hydroxylation sites is 4. The van der Waals surface area contributed by atoms with Crippen LogP contribution in [0.2, 0.25) is 0 Å². The van der Waals surface area contributed by atoms with Gasteiger partial charge < -0.3 is 9.13 Å². The number of hydrogen-bond donors (Lipinski definition) is 0. The number of nitrogens with zero attached hydrogens (tertiary/aromatic N) is 3. The van der Waals surface area contributed by atoms with Crippen molar-refractivity contribution >= 4 is 86.0 Å². The summed E-state index contributed by atoms with van der Waals surface area (Å²) in [6, 6.07) is 66.4. The summed E-state index contributed by atoms with van der Waals surface area (Å²) in [7, 11) is 0. The Kier molecular flexibility index (Phi) is 6.50. The van der Waals surface area contributed by atoms with Gasteiger partial charge in [-0.15, -0.1) is 11.3 Å². The van der Waals surface area contributed by atoms with Crippen LogP contribution in [0, 0.1) is 0 Å². The van der Waals surface area contributed by atoms with Gasteiger partial charge in [-0.1, -0.05) is 121 Å². The first kappa shape index (κ1) is 30.5. The molecule has 0 fully saturated rings. The minimum atomic E-state index is 1.02. The predicted molar refractivity (Wildman–Crippen MR) is 234 cm³/mol. The second-order valence-corrected chi connectivity index (χ2v) is 15.4. The number of benzene rings is 8. The first-order valence-electron chi connectivity index (χ1n) is 18.7. The van der Waals surface area contributed by atoms with Crippen molar-refractivity contribution in [2.45, 2.75) is 0 Å². The average Bonchev–Trinajstić information content (AvgIpc) is 3.91.